The van der Waals surface area contributed by atoms with E-state index in [0.717, 1.165) is 10.0 Å². The molecule has 0 bridgehead atoms. The second-order valence-corrected chi connectivity index (χ2v) is 7.02. The lowest BCUT2D eigenvalue weighted by Gasteiger charge is -2.14. The molecule has 1 amide bonds. The van der Waals surface area contributed by atoms with Crippen molar-refractivity contribution in [2.45, 2.75) is 25.9 Å². The third kappa shape index (κ3) is 4.31. The van der Waals surface area contributed by atoms with Crippen LogP contribution >= 0.6 is 27.5 Å². The number of rotatable bonds is 6. The zero-order valence-corrected chi connectivity index (χ0v) is 16.2. The molecule has 1 N–H and O–H groups in total. The maximum absolute atomic E-state index is 13.0. The summed E-state index contributed by atoms with van der Waals surface area (Å²) in [4.78, 5) is 12.6. The lowest BCUT2D eigenvalue weighted by atomic mass is 10.2. The fourth-order valence-electron chi connectivity index (χ4n) is 2.52. The number of amides is 1. The lowest BCUT2D eigenvalue weighted by molar-refractivity contribution is -0.119. The van der Waals surface area contributed by atoms with Gasteiger partial charge in [0, 0.05) is 12.4 Å². The maximum Gasteiger partial charge on any atom is 0.250 e. The van der Waals surface area contributed by atoms with Gasteiger partial charge >= 0.3 is 0 Å². The second-order valence-electron chi connectivity index (χ2n) is 5.70. The largest absolute Gasteiger partial charge is 0.306 e. The average molecular weight is 441 g/mol. The molecule has 1 aromatic carbocycles. The van der Waals surface area contributed by atoms with Gasteiger partial charge in [-0.3, -0.25) is 14.2 Å². The second kappa shape index (κ2) is 8.01. The van der Waals surface area contributed by atoms with Crippen molar-refractivity contribution in [2.24, 2.45) is 0 Å². The average Bonchev–Trinajstić information content (AvgIpc) is 3.17. The van der Waals surface area contributed by atoms with Gasteiger partial charge in [0.2, 0.25) is 5.91 Å². The van der Waals surface area contributed by atoms with Crippen molar-refractivity contribution in [1.82, 2.24) is 19.6 Å². The Kier molecular flexibility index (Phi) is 5.73. The van der Waals surface area contributed by atoms with Crippen molar-refractivity contribution >= 4 is 39.3 Å². The number of hydrogen-bond acceptors (Lipinski definition) is 3. The first kappa shape index (κ1) is 18.6. The summed E-state index contributed by atoms with van der Waals surface area (Å²) in [7, 11) is 0. The van der Waals surface area contributed by atoms with Crippen LogP contribution in [0.15, 0.2) is 47.3 Å². The minimum absolute atomic E-state index is 0.253. The smallest absolute Gasteiger partial charge is 0.250 e. The molecule has 136 valence electrons. The molecule has 9 heteroatoms. The van der Waals surface area contributed by atoms with Crippen LogP contribution in [-0.2, 0) is 11.3 Å². The number of nitrogens with one attached hydrogen (secondary N) is 1. The molecule has 0 radical (unpaired) electrons. The van der Waals surface area contributed by atoms with E-state index in [1.54, 1.807) is 40.1 Å². The molecule has 0 aliphatic rings. The number of carbonyl (C=O) groups is 1. The van der Waals surface area contributed by atoms with Gasteiger partial charge in [-0.25, -0.2) is 4.39 Å². The van der Waals surface area contributed by atoms with Gasteiger partial charge in [0.15, 0.2) is 5.82 Å². The monoisotopic (exact) mass is 439 g/mol. The number of hydrogen-bond donors (Lipinski definition) is 1. The molecule has 3 aromatic rings. The summed E-state index contributed by atoms with van der Waals surface area (Å²) in [5.74, 6) is -0.267. The quantitative estimate of drug-likeness (QED) is 0.622. The fraction of sp³-hybridized carbons (Fsp3) is 0.235. The van der Waals surface area contributed by atoms with E-state index < -0.39 is 6.04 Å². The summed E-state index contributed by atoms with van der Waals surface area (Å²) in [6, 6.07) is 5.64. The topological polar surface area (TPSA) is 64.7 Å². The first-order chi connectivity index (χ1) is 12.5. The van der Waals surface area contributed by atoms with E-state index in [0.29, 0.717) is 18.0 Å². The zero-order chi connectivity index (χ0) is 18.7. The van der Waals surface area contributed by atoms with E-state index >= 15 is 0 Å². The summed E-state index contributed by atoms with van der Waals surface area (Å²) in [6.45, 7) is 2.31. The molecule has 2 heterocycles. The molecule has 6 nitrogen and oxygen atoms in total. The Morgan fingerprint density at radius 3 is 2.69 bits per heavy atom. The number of nitrogens with zero attached hydrogens (tertiary/aromatic N) is 4. The van der Waals surface area contributed by atoms with Crippen LogP contribution in [0, 0.1) is 5.82 Å². The number of anilines is 1. The number of halogens is 3. The van der Waals surface area contributed by atoms with E-state index in [2.05, 4.69) is 31.4 Å². The van der Waals surface area contributed by atoms with Crippen LogP contribution in [-0.4, -0.2) is 25.5 Å². The van der Waals surface area contributed by atoms with Gasteiger partial charge < -0.3 is 5.32 Å². The Morgan fingerprint density at radius 2 is 2.08 bits per heavy atom. The highest BCUT2D eigenvalue weighted by Gasteiger charge is 2.21. The first-order valence-corrected chi connectivity index (χ1v) is 9.11. The SMILES string of the molecule is CCC(C(=O)Nc1nn(Cc2ccc(F)cc2)cc1Cl)n1cc(Br)cn1. The predicted molar refractivity (Wildman–Crippen MR) is 101 cm³/mol. The van der Waals surface area contributed by atoms with Crippen molar-refractivity contribution in [3.8, 4) is 0 Å². The molecule has 0 spiro atoms. The molecule has 0 aliphatic heterocycles. The number of aromatic nitrogens is 4. The molecule has 0 aliphatic carbocycles. The van der Waals surface area contributed by atoms with Gasteiger partial charge in [-0.1, -0.05) is 30.7 Å². The van der Waals surface area contributed by atoms with Crippen molar-refractivity contribution in [2.75, 3.05) is 5.32 Å². The molecule has 2 aromatic heterocycles. The molecule has 0 fully saturated rings. The first-order valence-electron chi connectivity index (χ1n) is 7.94. The Morgan fingerprint density at radius 1 is 1.35 bits per heavy atom. The van der Waals surface area contributed by atoms with Gasteiger partial charge in [0.1, 0.15) is 16.9 Å². The zero-order valence-electron chi connectivity index (χ0n) is 13.9. The standard InChI is InChI=1S/C17H16BrClFN5O/c1-2-15(25-9-12(18)7-21-25)17(26)22-16-14(19)10-24(23-16)8-11-3-5-13(20)6-4-11/h3-7,9-10,15H,2,8H2,1H3,(H,22,23,26). The predicted octanol–water partition coefficient (Wildman–Crippen LogP) is 4.27. The van der Waals surface area contributed by atoms with Crippen LogP contribution in [0.3, 0.4) is 0 Å². The minimum atomic E-state index is -0.473. The van der Waals surface area contributed by atoms with Crippen LogP contribution in [0.1, 0.15) is 24.9 Å². The van der Waals surface area contributed by atoms with Crippen LogP contribution in [0.4, 0.5) is 10.2 Å². The van der Waals surface area contributed by atoms with Gasteiger partial charge in [-0.15, -0.1) is 0 Å². The number of benzene rings is 1. The normalized spacial score (nSPS) is 12.2. The summed E-state index contributed by atoms with van der Waals surface area (Å²) in [5, 5.41) is 11.5. The third-order valence-corrected chi connectivity index (χ3v) is 4.48. The van der Waals surface area contributed by atoms with E-state index in [1.807, 2.05) is 6.92 Å². The summed E-state index contributed by atoms with van der Waals surface area (Å²) in [5.41, 5.74) is 0.872. The summed E-state index contributed by atoms with van der Waals surface area (Å²) in [6.07, 6.45) is 5.54. The van der Waals surface area contributed by atoms with E-state index in [1.165, 1.54) is 12.1 Å². The Hall–Kier alpha value is -2.19. The minimum Gasteiger partial charge on any atom is -0.306 e. The van der Waals surface area contributed by atoms with Gasteiger partial charge in [-0.2, -0.15) is 10.2 Å². The van der Waals surface area contributed by atoms with Crippen LogP contribution in [0.25, 0.3) is 0 Å². The Labute approximate surface area is 163 Å². The summed E-state index contributed by atoms with van der Waals surface area (Å²) >= 11 is 9.51. The highest BCUT2D eigenvalue weighted by molar-refractivity contribution is 9.10. The van der Waals surface area contributed by atoms with Crippen molar-refractivity contribution < 1.29 is 9.18 Å². The van der Waals surface area contributed by atoms with Gasteiger partial charge in [0.25, 0.3) is 0 Å². The number of carbonyl (C=O) groups excluding carboxylic acids is 1. The fourth-order valence-corrected chi connectivity index (χ4v) is 3.02. The van der Waals surface area contributed by atoms with E-state index in [-0.39, 0.29) is 17.5 Å². The lowest BCUT2D eigenvalue weighted by Crippen LogP contribution is -2.26. The Bertz CT molecular complexity index is 908. The van der Waals surface area contributed by atoms with E-state index in [4.69, 9.17) is 11.6 Å². The van der Waals surface area contributed by atoms with Crippen LogP contribution in [0.2, 0.25) is 5.02 Å². The summed E-state index contributed by atoms with van der Waals surface area (Å²) < 4.78 is 17.0. The highest BCUT2D eigenvalue weighted by Crippen LogP contribution is 2.23. The van der Waals surface area contributed by atoms with Crippen molar-refractivity contribution in [1.29, 1.82) is 0 Å². The molecule has 3 rings (SSSR count). The van der Waals surface area contributed by atoms with E-state index in [9.17, 15) is 9.18 Å². The molecule has 26 heavy (non-hydrogen) atoms. The molecule has 0 saturated carbocycles. The maximum atomic E-state index is 13.0. The van der Waals surface area contributed by atoms with Crippen LogP contribution < -0.4 is 5.32 Å². The van der Waals surface area contributed by atoms with Crippen molar-refractivity contribution in [3.63, 3.8) is 0 Å². The van der Waals surface area contributed by atoms with Gasteiger partial charge in [0.05, 0.1) is 17.2 Å². The Balaban J connectivity index is 1.72. The highest BCUT2D eigenvalue weighted by atomic mass is 79.9. The molecular weight excluding hydrogens is 425 g/mol. The molecule has 0 saturated heterocycles. The van der Waals surface area contributed by atoms with Crippen molar-refractivity contribution in [3.05, 3.63) is 63.7 Å². The molecule has 1 atom stereocenters. The molecular formula is C17H16BrClFN5O. The molecule has 1 unspecified atom stereocenters. The third-order valence-electron chi connectivity index (χ3n) is 3.80. The van der Waals surface area contributed by atoms with Gasteiger partial charge in [-0.05, 0) is 40.0 Å². The van der Waals surface area contributed by atoms with Crippen LogP contribution in [0.5, 0.6) is 0 Å².